The third kappa shape index (κ3) is 5.28. The lowest BCUT2D eigenvalue weighted by Gasteiger charge is -2.31. The van der Waals surface area contributed by atoms with Crippen molar-refractivity contribution in [1.29, 1.82) is 0 Å². The van der Waals surface area contributed by atoms with Gasteiger partial charge in [-0.15, -0.1) is 0 Å². The van der Waals surface area contributed by atoms with Crippen LogP contribution in [0, 0.1) is 5.92 Å². The minimum Gasteiger partial charge on any atom is -0.481 e. The third-order valence-corrected chi connectivity index (χ3v) is 5.82. The molecule has 1 fully saturated rings. The molecule has 2 amide bonds. The van der Waals surface area contributed by atoms with E-state index in [0.29, 0.717) is 48.4 Å². The van der Waals surface area contributed by atoms with Crippen LogP contribution in [0.2, 0.25) is 0 Å². The van der Waals surface area contributed by atoms with E-state index in [9.17, 15) is 14.4 Å². The van der Waals surface area contributed by atoms with Crippen LogP contribution in [0.15, 0.2) is 54.6 Å². The first-order valence-electron chi connectivity index (χ1n) is 10.9. The molecule has 2 heterocycles. The number of anilines is 2. The Morgan fingerprint density at radius 3 is 2.45 bits per heavy atom. The van der Waals surface area contributed by atoms with E-state index in [-0.39, 0.29) is 30.1 Å². The molecule has 4 rings (SSSR count). The van der Waals surface area contributed by atoms with Gasteiger partial charge >= 0.3 is 0 Å². The molecule has 0 radical (unpaired) electrons. The zero-order valence-electron chi connectivity index (χ0n) is 18.4. The highest BCUT2D eigenvalue weighted by molar-refractivity contribution is 5.96. The van der Waals surface area contributed by atoms with Gasteiger partial charge in [-0.3, -0.25) is 14.4 Å². The maximum Gasteiger partial charge on any atom is 0.262 e. The normalized spacial score (nSPS) is 14.2. The lowest BCUT2D eigenvalue weighted by Crippen LogP contribution is -2.38. The first kappa shape index (κ1) is 22.3. The number of carbonyl (C=O) groups is 3. The molecule has 3 aromatic rings. The molecule has 0 saturated carbocycles. The summed E-state index contributed by atoms with van der Waals surface area (Å²) in [5, 5.41) is 3.67. The molecule has 1 aromatic heterocycles. The number of amides is 2. The lowest BCUT2D eigenvalue weighted by molar-refractivity contribution is -0.122. The predicted octanol–water partition coefficient (Wildman–Crippen LogP) is 3.16. The SMILES string of the molecule is CC(=O)c1ccc(NC(=O)COc2cccc3ccc(N4CCC(C(N)=O)CC4)nc23)cc1. The van der Waals surface area contributed by atoms with Gasteiger partial charge in [-0.25, -0.2) is 4.98 Å². The second-order valence-corrected chi connectivity index (χ2v) is 8.13. The molecule has 170 valence electrons. The van der Waals surface area contributed by atoms with Crippen LogP contribution in [-0.4, -0.2) is 42.3 Å². The highest BCUT2D eigenvalue weighted by atomic mass is 16.5. The van der Waals surface area contributed by atoms with Gasteiger partial charge in [-0.2, -0.15) is 0 Å². The Morgan fingerprint density at radius 1 is 1.06 bits per heavy atom. The van der Waals surface area contributed by atoms with Crippen molar-refractivity contribution in [2.75, 3.05) is 29.9 Å². The van der Waals surface area contributed by atoms with E-state index in [2.05, 4.69) is 10.2 Å². The minimum absolute atomic E-state index is 0.0312. The molecule has 1 saturated heterocycles. The number of carbonyl (C=O) groups excluding carboxylic acids is 3. The zero-order valence-corrected chi connectivity index (χ0v) is 18.4. The van der Waals surface area contributed by atoms with Crippen molar-refractivity contribution in [3.8, 4) is 5.75 Å². The average molecular weight is 447 g/mol. The van der Waals surface area contributed by atoms with Gasteiger partial charge in [0.1, 0.15) is 17.1 Å². The summed E-state index contributed by atoms with van der Waals surface area (Å²) in [6.45, 7) is 2.73. The molecule has 0 unspecified atom stereocenters. The molecular weight excluding hydrogens is 420 g/mol. The summed E-state index contributed by atoms with van der Waals surface area (Å²) >= 11 is 0. The highest BCUT2D eigenvalue weighted by Crippen LogP contribution is 2.28. The number of pyridine rings is 1. The van der Waals surface area contributed by atoms with Crippen LogP contribution in [0.4, 0.5) is 11.5 Å². The Kier molecular flexibility index (Phi) is 6.53. The number of piperidine rings is 1. The van der Waals surface area contributed by atoms with E-state index in [4.69, 9.17) is 15.5 Å². The molecule has 0 spiro atoms. The number of ketones is 1. The summed E-state index contributed by atoms with van der Waals surface area (Å²) in [5.74, 6) is 0.645. The zero-order chi connectivity index (χ0) is 23.4. The van der Waals surface area contributed by atoms with Gasteiger partial charge in [0, 0.05) is 35.6 Å². The Bertz CT molecular complexity index is 1180. The number of fused-ring (bicyclic) bond motifs is 1. The number of hydrogen-bond acceptors (Lipinski definition) is 6. The van der Waals surface area contributed by atoms with Crippen LogP contribution in [-0.2, 0) is 9.59 Å². The summed E-state index contributed by atoms with van der Waals surface area (Å²) in [6.07, 6.45) is 1.42. The number of nitrogens with zero attached hydrogens (tertiary/aromatic N) is 2. The molecule has 1 aliphatic rings. The van der Waals surface area contributed by atoms with Crippen LogP contribution in [0.3, 0.4) is 0 Å². The fourth-order valence-electron chi connectivity index (χ4n) is 3.92. The van der Waals surface area contributed by atoms with Crippen LogP contribution in [0.1, 0.15) is 30.1 Å². The fourth-order valence-corrected chi connectivity index (χ4v) is 3.92. The van der Waals surface area contributed by atoms with Crippen LogP contribution < -0.4 is 20.7 Å². The summed E-state index contributed by atoms with van der Waals surface area (Å²) in [6, 6.07) is 16.2. The summed E-state index contributed by atoms with van der Waals surface area (Å²) in [5.41, 5.74) is 7.28. The number of aromatic nitrogens is 1. The Labute approximate surface area is 191 Å². The molecule has 2 aromatic carbocycles. The van der Waals surface area contributed by atoms with E-state index in [1.807, 2.05) is 24.3 Å². The third-order valence-electron chi connectivity index (χ3n) is 5.82. The Morgan fingerprint density at radius 2 is 1.79 bits per heavy atom. The molecule has 0 bridgehead atoms. The van der Waals surface area contributed by atoms with Crippen molar-refractivity contribution in [2.45, 2.75) is 19.8 Å². The van der Waals surface area contributed by atoms with Crippen molar-refractivity contribution in [1.82, 2.24) is 4.98 Å². The van der Waals surface area contributed by atoms with Gasteiger partial charge in [0.05, 0.1) is 0 Å². The molecular formula is C25H26N4O4. The largest absolute Gasteiger partial charge is 0.481 e. The quantitative estimate of drug-likeness (QED) is 0.539. The minimum atomic E-state index is -0.313. The monoisotopic (exact) mass is 446 g/mol. The molecule has 1 aliphatic heterocycles. The summed E-state index contributed by atoms with van der Waals surface area (Å²) in [4.78, 5) is 42.1. The van der Waals surface area contributed by atoms with Gasteiger partial charge in [0.15, 0.2) is 12.4 Å². The van der Waals surface area contributed by atoms with Crippen molar-refractivity contribution >= 4 is 40.0 Å². The lowest BCUT2D eigenvalue weighted by atomic mass is 9.96. The molecule has 0 atom stereocenters. The number of nitrogens with one attached hydrogen (secondary N) is 1. The number of primary amides is 1. The summed E-state index contributed by atoms with van der Waals surface area (Å²) in [7, 11) is 0. The smallest absolute Gasteiger partial charge is 0.262 e. The Hall–Kier alpha value is -3.94. The second-order valence-electron chi connectivity index (χ2n) is 8.13. The number of para-hydroxylation sites is 1. The number of nitrogens with two attached hydrogens (primary N) is 1. The number of benzene rings is 2. The standard InChI is InChI=1S/C25H26N4O4/c1-16(30)17-5-8-20(9-6-17)27-23(31)15-33-21-4-2-3-18-7-10-22(28-24(18)21)29-13-11-19(12-14-29)25(26)32/h2-10,19H,11-15H2,1H3,(H2,26,32)(H,27,31). The molecule has 8 heteroatoms. The number of rotatable bonds is 7. The van der Waals surface area contributed by atoms with Crippen molar-refractivity contribution in [3.63, 3.8) is 0 Å². The average Bonchev–Trinajstić information content (AvgIpc) is 2.82. The van der Waals surface area contributed by atoms with E-state index in [1.54, 1.807) is 30.3 Å². The van der Waals surface area contributed by atoms with E-state index < -0.39 is 0 Å². The van der Waals surface area contributed by atoms with Crippen molar-refractivity contribution in [2.24, 2.45) is 11.7 Å². The Balaban J connectivity index is 1.43. The predicted molar refractivity (Wildman–Crippen MR) is 126 cm³/mol. The first-order chi connectivity index (χ1) is 15.9. The van der Waals surface area contributed by atoms with Gasteiger partial charge < -0.3 is 20.7 Å². The number of hydrogen-bond donors (Lipinski definition) is 2. The highest BCUT2D eigenvalue weighted by Gasteiger charge is 2.24. The second kappa shape index (κ2) is 9.68. The van der Waals surface area contributed by atoms with Crippen molar-refractivity contribution in [3.05, 3.63) is 60.2 Å². The van der Waals surface area contributed by atoms with Gasteiger partial charge in [0.2, 0.25) is 5.91 Å². The van der Waals surface area contributed by atoms with Gasteiger partial charge in [-0.05, 0) is 62.2 Å². The first-order valence-corrected chi connectivity index (χ1v) is 10.9. The van der Waals surface area contributed by atoms with E-state index in [1.165, 1.54) is 6.92 Å². The van der Waals surface area contributed by atoms with Crippen LogP contribution in [0.5, 0.6) is 5.75 Å². The molecule has 8 nitrogen and oxygen atoms in total. The molecule has 3 N–H and O–H groups in total. The van der Waals surface area contributed by atoms with Crippen LogP contribution >= 0.6 is 0 Å². The topological polar surface area (TPSA) is 115 Å². The maximum absolute atomic E-state index is 12.4. The van der Waals surface area contributed by atoms with Gasteiger partial charge in [0.25, 0.3) is 5.91 Å². The van der Waals surface area contributed by atoms with Crippen LogP contribution in [0.25, 0.3) is 10.9 Å². The van der Waals surface area contributed by atoms with E-state index >= 15 is 0 Å². The van der Waals surface area contributed by atoms with Crippen molar-refractivity contribution < 1.29 is 19.1 Å². The van der Waals surface area contributed by atoms with Gasteiger partial charge in [-0.1, -0.05) is 12.1 Å². The maximum atomic E-state index is 12.4. The molecule has 33 heavy (non-hydrogen) atoms. The fraction of sp³-hybridized carbons (Fsp3) is 0.280. The van der Waals surface area contributed by atoms with E-state index in [0.717, 1.165) is 11.2 Å². The number of ether oxygens (including phenoxy) is 1. The molecule has 0 aliphatic carbocycles. The number of Topliss-reactive ketones (excluding diaryl/α,β-unsaturated/α-hetero) is 1. The summed E-state index contributed by atoms with van der Waals surface area (Å²) < 4.78 is 5.80.